The highest BCUT2D eigenvalue weighted by molar-refractivity contribution is 7.47. The number of phosphoric ester groups is 1. The normalized spacial score (nSPS) is 14.8. The fourth-order valence-corrected chi connectivity index (χ4v) is 8.13. The molecule has 3 unspecified atom stereocenters. The van der Waals surface area contributed by atoms with E-state index < -0.39 is 20.0 Å². The third kappa shape index (κ3) is 52.8. The minimum Gasteiger partial charge on any atom is -0.387 e. The van der Waals surface area contributed by atoms with E-state index in [4.69, 9.17) is 9.05 Å². The number of aliphatic hydroxyl groups excluding tert-OH is 1. The molecule has 0 saturated carbocycles. The van der Waals surface area contributed by atoms with Crippen LogP contribution in [0, 0.1) is 0 Å². The third-order valence-electron chi connectivity index (χ3n) is 11.7. The van der Waals surface area contributed by atoms with Crippen LogP contribution in [-0.4, -0.2) is 73.4 Å². The molecule has 69 heavy (non-hydrogen) atoms. The third-order valence-corrected chi connectivity index (χ3v) is 12.7. The van der Waals surface area contributed by atoms with E-state index in [2.05, 4.69) is 104 Å². The summed E-state index contributed by atoms with van der Waals surface area (Å²) >= 11 is 0. The van der Waals surface area contributed by atoms with Crippen molar-refractivity contribution in [2.45, 2.75) is 225 Å². The van der Waals surface area contributed by atoms with Gasteiger partial charge in [0, 0.05) is 6.42 Å². The fraction of sp³-hybridized carbons (Fsp3) is 0.683. The molecule has 0 saturated heterocycles. The molecule has 8 nitrogen and oxygen atoms in total. The zero-order chi connectivity index (χ0) is 50.6. The number of allylic oxidation sites excluding steroid dienone is 17. The predicted molar refractivity (Wildman–Crippen MR) is 299 cm³/mol. The van der Waals surface area contributed by atoms with Crippen LogP contribution in [0.4, 0.5) is 0 Å². The summed E-state index contributed by atoms with van der Waals surface area (Å²) in [5.74, 6) is -0.276. The molecule has 0 aromatic rings. The number of carbonyl (C=O) groups is 1. The molecule has 3 N–H and O–H groups in total. The van der Waals surface area contributed by atoms with Gasteiger partial charge in [-0.3, -0.25) is 13.8 Å². The molecule has 0 aliphatic carbocycles. The highest BCUT2D eigenvalue weighted by atomic mass is 31.2. The minimum absolute atomic E-state index is 0.0339. The van der Waals surface area contributed by atoms with E-state index in [0.29, 0.717) is 17.4 Å². The molecule has 0 fully saturated rings. The number of hydrogen-bond donors (Lipinski definition) is 3. The van der Waals surface area contributed by atoms with Crippen molar-refractivity contribution in [2.24, 2.45) is 0 Å². The smallest absolute Gasteiger partial charge is 0.387 e. The molecule has 0 aliphatic rings. The molecule has 0 heterocycles. The summed E-state index contributed by atoms with van der Waals surface area (Å²) in [6, 6.07) is -0.919. The van der Waals surface area contributed by atoms with Crippen LogP contribution in [0.3, 0.4) is 0 Å². The maximum Gasteiger partial charge on any atom is 0.472 e. The van der Waals surface area contributed by atoms with Gasteiger partial charge in [-0.15, -0.1) is 0 Å². The van der Waals surface area contributed by atoms with Gasteiger partial charge in [0.1, 0.15) is 13.2 Å². The lowest BCUT2D eigenvalue weighted by Gasteiger charge is -2.25. The predicted octanol–water partition coefficient (Wildman–Crippen LogP) is 16.8. The molecule has 3 atom stereocenters. The quantitative estimate of drug-likeness (QED) is 0.0243. The molecule has 0 spiro atoms. The number of hydrogen-bond acceptors (Lipinski definition) is 5. The van der Waals surface area contributed by atoms with Crippen LogP contribution in [0.25, 0.3) is 0 Å². The Balaban J connectivity index is 4.41. The van der Waals surface area contributed by atoms with E-state index in [-0.39, 0.29) is 25.5 Å². The number of phosphoric acid groups is 1. The van der Waals surface area contributed by atoms with E-state index in [0.717, 1.165) is 64.2 Å². The number of aliphatic hydroxyl groups is 1. The van der Waals surface area contributed by atoms with Crippen LogP contribution in [0.1, 0.15) is 213 Å². The van der Waals surface area contributed by atoms with Crippen LogP contribution in [-0.2, 0) is 18.4 Å². The zero-order valence-corrected chi connectivity index (χ0v) is 45.9. The first-order chi connectivity index (χ1) is 33.5. The number of nitrogens with zero attached hydrogens (tertiary/aromatic N) is 1. The number of nitrogens with one attached hydrogen (secondary N) is 1. The van der Waals surface area contributed by atoms with E-state index in [9.17, 15) is 19.4 Å². The first kappa shape index (κ1) is 66.2. The summed E-state index contributed by atoms with van der Waals surface area (Å²) in [5.41, 5.74) is 0. The number of carbonyl (C=O) groups excluding carboxylic acids is 1. The lowest BCUT2D eigenvalue weighted by molar-refractivity contribution is -0.870. The summed E-state index contributed by atoms with van der Waals surface area (Å²) in [6.07, 6.45) is 73.6. The monoisotopic (exact) mass is 982 g/mol. The second kappa shape index (κ2) is 50.1. The Bertz CT molecular complexity index is 1490. The summed E-state index contributed by atoms with van der Waals surface area (Å²) in [4.78, 5) is 23.2. The molecule has 0 radical (unpaired) electrons. The van der Waals surface area contributed by atoms with Crippen LogP contribution in [0.2, 0.25) is 0 Å². The molecule has 396 valence electrons. The SMILES string of the molecule is CC/C=C\C/C=C\C/C=C\C/C=C\C/C=C\C/C=C\CCC(=O)NC(COP(=O)(O)OCC[N+](C)(C)C)C(O)/C=C/CC/C=C/CC/C=C/CCCCCCCCCCCCCCCCCCCC. The highest BCUT2D eigenvalue weighted by Gasteiger charge is 2.27. The summed E-state index contributed by atoms with van der Waals surface area (Å²) < 4.78 is 23.6. The van der Waals surface area contributed by atoms with E-state index >= 15 is 0 Å². The summed E-state index contributed by atoms with van der Waals surface area (Å²) in [6.45, 7) is 4.61. The Kier molecular flexibility index (Phi) is 48.1. The van der Waals surface area contributed by atoms with Gasteiger partial charge in [-0.1, -0.05) is 232 Å². The van der Waals surface area contributed by atoms with Crippen molar-refractivity contribution in [3.05, 3.63) is 109 Å². The molecule has 9 heteroatoms. The number of amides is 1. The van der Waals surface area contributed by atoms with Gasteiger partial charge in [-0.25, -0.2) is 4.57 Å². The van der Waals surface area contributed by atoms with Gasteiger partial charge in [-0.05, 0) is 83.5 Å². The lowest BCUT2D eigenvalue weighted by Crippen LogP contribution is -2.45. The van der Waals surface area contributed by atoms with Crippen LogP contribution in [0.5, 0.6) is 0 Å². The van der Waals surface area contributed by atoms with Gasteiger partial charge in [-0.2, -0.15) is 0 Å². The van der Waals surface area contributed by atoms with Gasteiger partial charge >= 0.3 is 7.82 Å². The van der Waals surface area contributed by atoms with Crippen molar-refractivity contribution < 1.29 is 32.9 Å². The average Bonchev–Trinajstić information content (AvgIpc) is 3.31. The molecule has 0 aromatic heterocycles. The molecular formula is C60H106N2O6P+. The molecule has 0 rings (SSSR count). The van der Waals surface area contributed by atoms with Gasteiger partial charge < -0.3 is 19.8 Å². The second-order valence-corrected chi connectivity index (χ2v) is 21.0. The van der Waals surface area contributed by atoms with Crippen molar-refractivity contribution in [1.82, 2.24) is 5.32 Å². The maximum absolute atomic E-state index is 12.9. The topological polar surface area (TPSA) is 105 Å². The Morgan fingerprint density at radius 3 is 1.32 bits per heavy atom. The zero-order valence-electron chi connectivity index (χ0n) is 45.0. The van der Waals surface area contributed by atoms with Gasteiger partial charge in [0.2, 0.25) is 5.91 Å². The van der Waals surface area contributed by atoms with Crippen molar-refractivity contribution in [3.8, 4) is 0 Å². The Morgan fingerprint density at radius 2 is 0.884 bits per heavy atom. The van der Waals surface area contributed by atoms with Gasteiger partial charge in [0.05, 0.1) is 39.9 Å². The van der Waals surface area contributed by atoms with Crippen molar-refractivity contribution in [1.29, 1.82) is 0 Å². The van der Waals surface area contributed by atoms with E-state index in [1.54, 1.807) is 6.08 Å². The van der Waals surface area contributed by atoms with Crippen molar-refractivity contribution >= 4 is 13.7 Å². The van der Waals surface area contributed by atoms with Crippen LogP contribution < -0.4 is 5.32 Å². The summed E-state index contributed by atoms with van der Waals surface area (Å²) in [5, 5.41) is 13.8. The average molecular weight is 982 g/mol. The maximum atomic E-state index is 12.9. The fourth-order valence-electron chi connectivity index (χ4n) is 7.39. The van der Waals surface area contributed by atoms with Gasteiger partial charge in [0.15, 0.2) is 0 Å². The first-order valence-corrected chi connectivity index (χ1v) is 29.3. The second-order valence-electron chi connectivity index (χ2n) is 19.6. The Hall–Kier alpha value is -2.84. The Morgan fingerprint density at radius 1 is 0.507 bits per heavy atom. The Labute approximate surface area is 425 Å². The van der Waals surface area contributed by atoms with Crippen molar-refractivity contribution in [3.63, 3.8) is 0 Å². The molecular weight excluding hydrogens is 876 g/mol. The first-order valence-electron chi connectivity index (χ1n) is 27.8. The van der Waals surface area contributed by atoms with Crippen molar-refractivity contribution in [2.75, 3.05) is 40.9 Å². The van der Waals surface area contributed by atoms with E-state index in [1.807, 2.05) is 39.4 Å². The van der Waals surface area contributed by atoms with Crippen LogP contribution in [0.15, 0.2) is 109 Å². The molecule has 1 amide bonds. The number of rotatable bonds is 49. The van der Waals surface area contributed by atoms with E-state index in [1.165, 1.54) is 122 Å². The van der Waals surface area contributed by atoms with Crippen LogP contribution >= 0.6 is 7.82 Å². The number of unbranched alkanes of at least 4 members (excludes halogenated alkanes) is 20. The number of likely N-dealkylation sites (N-methyl/N-ethyl adjacent to an activating group) is 1. The number of quaternary nitrogens is 1. The standard InChI is InChI=1S/C60H105N2O6P/c1-6-8-10-12-14-16-18-20-22-24-26-27-28-29-30-31-32-33-34-36-37-39-41-43-45-47-49-51-53-59(63)58(57-68-69(65,66)67-56-55-62(3,4)5)61-60(64)54-52-50-48-46-44-42-40-38-35-25-23-21-19-17-15-13-11-9-7-2/h9,11,15,17,21,23,35-38,42-45,48,50-51,53,58-59,63H,6-8,10,12-14,16,18-20,22,24-34,39-41,46-47,49,52,54-57H2,1-5H3,(H-,61,64,65,66)/p+1/b11-9-,17-15-,23-21-,37-36+,38-35-,44-42-,45-43+,50-48-,53-51+. The lowest BCUT2D eigenvalue weighted by atomic mass is 10.0. The molecule has 0 bridgehead atoms. The highest BCUT2D eigenvalue weighted by Crippen LogP contribution is 2.43. The molecule has 0 aliphatic heterocycles. The minimum atomic E-state index is -4.39. The summed E-state index contributed by atoms with van der Waals surface area (Å²) in [7, 11) is 1.48. The molecule has 0 aromatic carbocycles. The van der Waals surface area contributed by atoms with Gasteiger partial charge in [0.25, 0.3) is 0 Å². The largest absolute Gasteiger partial charge is 0.472 e.